The first kappa shape index (κ1) is 22.0. The Labute approximate surface area is 168 Å². The van der Waals surface area contributed by atoms with E-state index < -0.39 is 5.60 Å². The molecule has 0 saturated carbocycles. The van der Waals surface area contributed by atoms with Gasteiger partial charge in [0.25, 0.3) is 0 Å². The average Bonchev–Trinajstić information content (AvgIpc) is 3.10. The van der Waals surface area contributed by atoms with Crippen LogP contribution in [0.15, 0.2) is 15.6 Å². The standard InChI is InChI=1S/C20H35N5O3/c1-14(2)17-11-16(28-24-17)13-23-18(21-6)22-12-15-7-9-25(10-8-15)19(26)27-20(3,4)5/h11,14-15H,7-10,12-13H2,1-6H3,(H2,21,22,23). The van der Waals surface area contributed by atoms with Gasteiger partial charge in [0.05, 0.1) is 12.2 Å². The van der Waals surface area contributed by atoms with Crippen molar-refractivity contribution in [1.82, 2.24) is 20.7 Å². The molecule has 8 nitrogen and oxygen atoms in total. The molecule has 1 aliphatic heterocycles. The molecule has 158 valence electrons. The maximum atomic E-state index is 12.1. The smallest absolute Gasteiger partial charge is 0.410 e. The summed E-state index contributed by atoms with van der Waals surface area (Å²) in [6.07, 6.45) is 1.68. The molecule has 1 aliphatic rings. The highest BCUT2D eigenvalue weighted by molar-refractivity contribution is 5.79. The predicted octanol–water partition coefficient (Wildman–Crippen LogP) is 3.11. The summed E-state index contributed by atoms with van der Waals surface area (Å²) in [4.78, 5) is 18.2. The molecule has 0 bridgehead atoms. The number of hydrogen-bond donors (Lipinski definition) is 2. The second kappa shape index (κ2) is 9.80. The molecule has 8 heteroatoms. The predicted molar refractivity (Wildman–Crippen MR) is 109 cm³/mol. The molecule has 0 aliphatic carbocycles. The maximum Gasteiger partial charge on any atom is 0.410 e. The Hall–Kier alpha value is -2.25. The Morgan fingerprint density at radius 1 is 1.36 bits per heavy atom. The van der Waals surface area contributed by atoms with Crippen LogP contribution in [0.5, 0.6) is 0 Å². The van der Waals surface area contributed by atoms with E-state index in [1.165, 1.54) is 0 Å². The van der Waals surface area contributed by atoms with Gasteiger partial charge in [0.2, 0.25) is 0 Å². The van der Waals surface area contributed by atoms with Crippen LogP contribution in [0.25, 0.3) is 0 Å². The number of guanidine groups is 1. The number of likely N-dealkylation sites (tertiary alicyclic amines) is 1. The lowest BCUT2D eigenvalue weighted by molar-refractivity contribution is 0.0185. The summed E-state index contributed by atoms with van der Waals surface area (Å²) in [6.45, 7) is 12.7. The van der Waals surface area contributed by atoms with Crippen LogP contribution in [-0.2, 0) is 11.3 Å². The van der Waals surface area contributed by atoms with Crippen molar-refractivity contribution in [3.05, 3.63) is 17.5 Å². The monoisotopic (exact) mass is 393 g/mol. The van der Waals surface area contributed by atoms with Crippen molar-refractivity contribution < 1.29 is 14.1 Å². The molecule has 1 fully saturated rings. The second-order valence-electron chi connectivity index (χ2n) is 8.59. The van der Waals surface area contributed by atoms with Gasteiger partial charge in [-0.15, -0.1) is 0 Å². The molecule has 1 aromatic rings. The Bertz CT molecular complexity index is 655. The minimum absolute atomic E-state index is 0.218. The zero-order valence-electron chi connectivity index (χ0n) is 18.0. The summed E-state index contributed by atoms with van der Waals surface area (Å²) < 4.78 is 10.8. The van der Waals surface area contributed by atoms with Gasteiger partial charge in [0.15, 0.2) is 11.7 Å². The number of amides is 1. The molecule has 0 unspecified atom stereocenters. The van der Waals surface area contributed by atoms with E-state index in [1.807, 2.05) is 26.8 Å². The molecule has 0 spiro atoms. The summed E-state index contributed by atoms with van der Waals surface area (Å²) in [5.41, 5.74) is 0.504. The first-order valence-electron chi connectivity index (χ1n) is 10.1. The van der Waals surface area contributed by atoms with E-state index in [1.54, 1.807) is 11.9 Å². The largest absolute Gasteiger partial charge is 0.444 e. The van der Waals surface area contributed by atoms with Crippen LogP contribution in [0.3, 0.4) is 0 Å². The molecule has 0 aromatic carbocycles. The van der Waals surface area contributed by atoms with Gasteiger partial charge in [-0.2, -0.15) is 0 Å². The Balaban J connectivity index is 1.70. The van der Waals surface area contributed by atoms with Crippen LogP contribution in [0.2, 0.25) is 0 Å². The maximum absolute atomic E-state index is 12.1. The molecule has 28 heavy (non-hydrogen) atoms. The normalized spacial score (nSPS) is 16.4. The topological polar surface area (TPSA) is 92.0 Å². The number of carbonyl (C=O) groups excluding carboxylic acids is 1. The fraction of sp³-hybridized carbons (Fsp3) is 0.750. The molecule has 2 N–H and O–H groups in total. The van der Waals surface area contributed by atoms with E-state index in [2.05, 4.69) is 34.6 Å². The number of piperidine rings is 1. The molecule has 1 amide bonds. The van der Waals surface area contributed by atoms with Crippen molar-refractivity contribution >= 4 is 12.1 Å². The lowest BCUT2D eigenvalue weighted by Crippen LogP contribution is -2.45. The minimum Gasteiger partial charge on any atom is -0.444 e. The van der Waals surface area contributed by atoms with E-state index in [0.29, 0.717) is 18.4 Å². The number of rotatable bonds is 5. The third-order valence-corrected chi connectivity index (χ3v) is 4.65. The number of aromatic nitrogens is 1. The van der Waals surface area contributed by atoms with E-state index in [9.17, 15) is 4.79 Å². The highest BCUT2D eigenvalue weighted by atomic mass is 16.6. The molecule has 1 saturated heterocycles. The van der Waals surface area contributed by atoms with E-state index >= 15 is 0 Å². The van der Waals surface area contributed by atoms with Gasteiger partial charge in [-0.05, 0) is 45.4 Å². The molecule has 1 aromatic heterocycles. The number of aliphatic imine (C=N–C) groups is 1. The zero-order valence-corrected chi connectivity index (χ0v) is 18.0. The fourth-order valence-corrected chi connectivity index (χ4v) is 2.96. The van der Waals surface area contributed by atoms with Crippen molar-refractivity contribution in [1.29, 1.82) is 0 Å². The SMILES string of the molecule is CN=C(NCc1cc(C(C)C)no1)NCC1CCN(C(=O)OC(C)(C)C)CC1. The Morgan fingerprint density at radius 3 is 2.57 bits per heavy atom. The van der Waals surface area contributed by atoms with Gasteiger partial charge in [-0.1, -0.05) is 19.0 Å². The van der Waals surface area contributed by atoms with Gasteiger partial charge in [0, 0.05) is 32.7 Å². The van der Waals surface area contributed by atoms with Crippen LogP contribution in [0.4, 0.5) is 4.79 Å². The van der Waals surface area contributed by atoms with Gasteiger partial charge < -0.3 is 24.8 Å². The molecule has 2 heterocycles. The molecule has 0 atom stereocenters. The molecular formula is C20H35N5O3. The van der Waals surface area contributed by atoms with Crippen molar-refractivity contribution in [2.24, 2.45) is 10.9 Å². The van der Waals surface area contributed by atoms with Crippen molar-refractivity contribution in [3.63, 3.8) is 0 Å². The number of ether oxygens (including phenoxy) is 1. The fourth-order valence-electron chi connectivity index (χ4n) is 2.96. The third kappa shape index (κ3) is 7.05. The van der Waals surface area contributed by atoms with Gasteiger partial charge in [-0.25, -0.2) is 4.79 Å². The van der Waals surface area contributed by atoms with Crippen LogP contribution in [0.1, 0.15) is 64.8 Å². The highest BCUT2D eigenvalue weighted by Crippen LogP contribution is 2.19. The Morgan fingerprint density at radius 2 is 2.04 bits per heavy atom. The number of nitrogens with one attached hydrogen (secondary N) is 2. The summed E-state index contributed by atoms with van der Waals surface area (Å²) in [5.74, 6) is 2.37. The zero-order chi connectivity index (χ0) is 20.7. The quantitative estimate of drug-likeness (QED) is 0.590. The summed E-state index contributed by atoms with van der Waals surface area (Å²) in [6, 6.07) is 1.97. The molecule has 0 radical (unpaired) electrons. The third-order valence-electron chi connectivity index (χ3n) is 4.65. The summed E-state index contributed by atoms with van der Waals surface area (Å²) >= 11 is 0. The number of carbonyl (C=O) groups is 1. The average molecular weight is 394 g/mol. The van der Waals surface area contributed by atoms with Gasteiger partial charge in [-0.3, -0.25) is 4.99 Å². The second-order valence-corrected chi connectivity index (χ2v) is 8.59. The van der Waals surface area contributed by atoms with E-state index in [-0.39, 0.29) is 6.09 Å². The van der Waals surface area contributed by atoms with Crippen LogP contribution >= 0.6 is 0 Å². The van der Waals surface area contributed by atoms with E-state index in [0.717, 1.165) is 49.9 Å². The van der Waals surface area contributed by atoms with Crippen LogP contribution in [-0.4, -0.2) is 54.4 Å². The van der Waals surface area contributed by atoms with Crippen molar-refractivity contribution in [2.75, 3.05) is 26.7 Å². The first-order valence-corrected chi connectivity index (χ1v) is 10.1. The Kier molecular flexibility index (Phi) is 7.71. The minimum atomic E-state index is -0.451. The van der Waals surface area contributed by atoms with Crippen molar-refractivity contribution in [2.45, 2.75) is 65.5 Å². The lowest BCUT2D eigenvalue weighted by Gasteiger charge is -2.33. The van der Waals surface area contributed by atoms with Crippen LogP contribution < -0.4 is 10.6 Å². The molecular weight excluding hydrogens is 358 g/mol. The summed E-state index contributed by atoms with van der Waals surface area (Å²) in [5, 5.41) is 10.7. The molecule has 2 rings (SSSR count). The lowest BCUT2D eigenvalue weighted by atomic mass is 9.97. The first-order chi connectivity index (χ1) is 13.2. The highest BCUT2D eigenvalue weighted by Gasteiger charge is 2.26. The number of hydrogen-bond acceptors (Lipinski definition) is 5. The van der Waals surface area contributed by atoms with Crippen molar-refractivity contribution in [3.8, 4) is 0 Å². The summed E-state index contributed by atoms with van der Waals surface area (Å²) in [7, 11) is 1.75. The number of nitrogens with zero attached hydrogens (tertiary/aromatic N) is 3. The van der Waals surface area contributed by atoms with E-state index in [4.69, 9.17) is 9.26 Å². The van der Waals surface area contributed by atoms with Gasteiger partial charge in [0.1, 0.15) is 5.60 Å². The van der Waals surface area contributed by atoms with Crippen LogP contribution in [0, 0.1) is 5.92 Å². The van der Waals surface area contributed by atoms with Gasteiger partial charge >= 0.3 is 6.09 Å².